The summed E-state index contributed by atoms with van der Waals surface area (Å²) in [6.45, 7) is 21.8. The van der Waals surface area contributed by atoms with Gasteiger partial charge in [0.1, 0.15) is 52.0 Å². The van der Waals surface area contributed by atoms with Crippen molar-refractivity contribution in [3.8, 4) is 34.5 Å². The van der Waals surface area contributed by atoms with Gasteiger partial charge in [0, 0.05) is 103 Å². The first-order chi connectivity index (χ1) is 54.2. The first kappa shape index (κ1) is 84.3. The normalized spacial score (nSPS) is 15.5. The van der Waals surface area contributed by atoms with Gasteiger partial charge in [0.25, 0.3) is 0 Å². The van der Waals surface area contributed by atoms with Crippen LogP contribution in [0, 0.1) is 17.8 Å². The van der Waals surface area contributed by atoms with Crippen molar-refractivity contribution >= 4 is 93.6 Å². The molecule has 8 N–H and O–H groups in total. The Morgan fingerprint density at radius 2 is 0.929 bits per heavy atom. The lowest BCUT2D eigenvalue weighted by Gasteiger charge is -2.26. The van der Waals surface area contributed by atoms with Crippen molar-refractivity contribution in [2.24, 2.45) is 22.7 Å². The number of benzene rings is 6. The molecule has 3 aliphatic carbocycles. The van der Waals surface area contributed by atoms with Crippen LogP contribution >= 0.6 is 23.2 Å². The Balaban J connectivity index is 0.000000173. The first-order valence-corrected chi connectivity index (χ1v) is 39.8. The molecule has 6 aromatic carbocycles. The Morgan fingerprint density at radius 3 is 1.35 bits per heavy atom. The van der Waals surface area contributed by atoms with Crippen LogP contribution in [0.3, 0.4) is 0 Å². The molecule has 4 heterocycles. The number of hydrogen-bond donors (Lipinski definition) is 7. The number of nitrogens with one attached hydrogen (secondary N) is 6. The van der Waals surface area contributed by atoms with Gasteiger partial charge in [0.2, 0.25) is 23.8 Å². The van der Waals surface area contributed by atoms with E-state index in [0.717, 1.165) is 90.9 Å². The number of carbonyl (C=O) groups is 5. The van der Waals surface area contributed by atoms with Crippen LogP contribution in [0.2, 0.25) is 0 Å². The van der Waals surface area contributed by atoms with Crippen LogP contribution in [0.4, 0.5) is 44.1 Å². The number of alkyl halides is 2. The largest absolute Gasteiger partial charge is 0.457 e. The highest BCUT2D eigenvalue weighted by molar-refractivity contribution is 6.18. The Bertz CT molecular complexity index is 4840. The lowest BCUT2D eigenvalue weighted by Crippen LogP contribution is -2.46. The maximum Gasteiger partial charge on any atom is 0.323 e. The van der Waals surface area contributed by atoms with Crippen LogP contribution in [0.15, 0.2) is 187 Å². The molecule has 592 valence electrons. The van der Waals surface area contributed by atoms with Crippen molar-refractivity contribution in [2.75, 3.05) is 69.8 Å². The number of pyridine rings is 3. The van der Waals surface area contributed by atoms with E-state index in [1.54, 1.807) is 59.9 Å². The Labute approximate surface area is 673 Å². The van der Waals surface area contributed by atoms with Gasteiger partial charge in [0.15, 0.2) is 0 Å². The van der Waals surface area contributed by atoms with Crippen molar-refractivity contribution in [3.05, 3.63) is 232 Å². The van der Waals surface area contributed by atoms with E-state index in [9.17, 15) is 28.8 Å². The standard InChI is InChI=1S/C30H35ClN4O3.C30H34N4O3.C26H29N3O2.C4H6ClNO/c1-30(2,3)23-6-4-7-24(18-23)34-28(36)21-9-8-20-10-11-25(17-22(20)16-21)38-26-12-15-32-27(19-26)35-29(37)33-14-5-13-31;1-30(2,3)23-6-4-7-24(18-23)33-28(35)21-9-8-20-10-11-25(17-22(20)16-21)37-26-12-14-31-27(19-26)34-15-5-13-32-29(34)36;1-26(2,3)20-5-4-6-21(15-20)29-25(30)18-8-7-17-9-10-22(14-19(17)13-18)31-23-11-12-28-24(27)16-23;5-2-1-3-6-4-7/h4,6-7,10-12,15,17-19,21H,5,8-9,13-14,16H2,1-3H3,(H,34,36)(H2,32,33,35,37);4,6-7,10-12,14,17-19,21H,5,8-9,13,15-16H2,1-3H3,(H,32,36)(H,33,35);4-6,9-12,14-16,18H,7-8,13H2,1-3H3,(H2,27,28)(H,29,30);1-3H2. The molecule has 4 aliphatic rings. The van der Waals surface area contributed by atoms with Crippen molar-refractivity contribution in [1.82, 2.24) is 25.6 Å². The highest BCUT2D eigenvalue weighted by Crippen LogP contribution is 2.38. The Hall–Kier alpha value is -11.1. The number of fused-ring (bicyclic) bond motifs is 3. The van der Waals surface area contributed by atoms with Crippen LogP contribution in [0.1, 0.15) is 151 Å². The quantitative estimate of drug-likeness (QED) is 0.0162. The number of nitrogens with zero attached hydrogens (tertiary/aromatic N) is 5. The molecule has 0 bridgehead atoms. The number of hydrogen-bond acceptors (Lipinski definition) is 14. The number of rotatable bonds is 20. The summed E-state index contributed by atoms with van der Waals surface area (Å²) in [5.74, 6) is 6.28. The molecule has 13 rings (SSSR count). The third-order valence-corrected chi connectivity index (χ3v) is 20.4. The fourth-order valence-electron chi connectivity index (χ4n) is 13.5. The number of aromatic nitrogens is 3. The van der Waals surface area contributed by atoms with Crippen molar-refractivity contribution in [1.29, 1.82) is 0 Å². The van der Waals surface area contributed by atoms with E-state index in [0.29, 0.717) is 110 Å². The number of aliphatic imine (C=N–C) groups is 1. The van der Waals surface area contributed by atoms with Crippen LogP contribution in [-0.2, 0) is 73.9 Å². The number of nitrogen functional groups attached to an aromatic ring is 1. The number of nitrogens with two attached hydrogens (primary N) is 1. The molecular weight excluding hydrogens is 1460 g/mol. The number of isocyanates is 1. The highest BCUT2D eigenvalue weighted by atomic mass is 35.5. The van der Waals surface area contributed by atoms with E-state index in [4.69, 9.17) is 43.1 Å². The van der Waals surface area contributed by atoms with Gasteiger partial charge in [-0.2, -0.15) is 0 Å². The minimum atomic E-state index is -0.344. The van der Waals surface area contributed by atoms with Crippen LogP contribution in [0.5, 0.6) is 34.5 Å². The van der Waals surface area contributed by atoms with Gasteiger partial charge in [-0.3, -0.25) is 24.6 Å². The number of carbonyl (C=O) groups excluding carboxylic acids is 6. The summed E-state index contributed by atoms with van der Waals surface area (Å²) in [7, 11) is 0. The van der Waals surface area contributed by atoms with E-state index >= 15 is 0 Å². The summed E-state index contributed by atoms with van der Waals surface area (Å²) in [4.78, 5) is 90.2. The van der Waals surface area contributed by atoms with Gasteiger partial charge >= 0.3 is 12.1 Å². The smallest absolute Gasteiger partial charge is 0.323 e. The summed E-state index contributed by atoms with van der Waals surface area (Å²) in [6.07, 6.45) is 15.7. The second kappa shape index (κ2) is 39.9. The third-order valence-electron chi connectivity index (χ3n) is 19.9. The number of aryl methyl sites for hydroxylation is 3. The van der Waals surface area contributed by atoms with E-state index in [1.807, 2.05) is 72.8 Å². The van der Waals surface area contributed by atoms with Crippen LogP contribution in [-0.4, -0.2) is 88.8 Å². The maximum atomic E-state index is 13.1. The number of halogens is 2. The molecule has 0 radical (unpaired) electrons. The molecule has 3 aromatic heterocycles. The highest BCUT2D eigenvalue weighted by Gasteiger charge is 2.30. The maximum absolute atomic E-state index is 13.1. The van der Waals surface area contributed by atoms with Gasteiger partial charge in [0.05, 0.1) is 6.54 Å². The first-order valence-electron chi connectivity index (χ1n) is 38.7. The summed E-state index contributed by atoms with van der Waals surface area (Å²) in [5, 5.41) is 17.7. The number of anilines is 6. The number of amides is 7. The number of ether oxygens (including phenoxy) is 3. The van der Waals surface area contributed by atoms with Crippen LogP contribution < -0.4 is 56.7 Å². The second-order valence-electron chi connectivity index (χ2n) is 31.7. The minimum absolute atomic E-state index is 0.0171. The van der Waals surface area contributed by atoms with Gasteiger partial charge in [-0.05, 0) is 234 Å². The van der Waals surface area contributed by atoms with Gasteiger partial charge in [-0.15, -0.1) is 23.2 Å². The fourth-order valence-corrected chi connectivity index (χ4v) is 13.8. The number of urea groups is 2. The van der Waals surface area contributed by atoms with E-state index < -0.39 is 0 Å². The Kier molecular flexibility index (Phi) is 29.8. The predicted octanol–water partition coefficient (Wildman–Crippen LogP) is 18.9. The monoisotopic (exact) mass is 1570 g/mol. The minimum Gasteiger partial charge on any atom is -0.457 e. The predicted molar refractivity (Wildman–Crippen MR) is 451 cm³/mol. The van der Waals surface area contributed by atoms with Gasteiger partial charge in [-0.25, -0.2) is 34.3 Å². The zero-order valence-corrected chi connectivity index (χ0v) is 67.5. The second-order valence-corrected chi connectivity index (χ2v) is 32.5. The van der Waals surface area contributed by atoms with Gasteiger partial charge < -0.3 is 46.5 Å². The summed E-state index contributed by atoms with van der Waals surface area (Å²) in [5.41, 5.74) is 19.1. The molecule has 7 amide bonds. The lowest BCUT2D eigenvalue weighted by molar-refractivity contribution is -0.121. The molecular formula is C90H104Cl2N12O9. The summed E-state index contributed by atoms with van der Waals surface area (Å²) in [6, 6.07) is 52.5. The molecule has 3 atom stereocenters. The molecule has 9 aromatic rings. The molecule has 113 heavy (non-hydrogen) atoms. The van der Waals surface area contributed by atoms with E-state index in [-0.39, 0.29) is 63.8 Å². The zero-order chi connectivity index (χ0) is 80.7. The molecule has 0 saturated carbocycles. The average Bonchev–Trinajstić information content (AvgIpc) is 0.816. The fraction of sp³-hybridized carbons (Fsp3) is 0.367. The van der Waals surface area contributed by atoms with Crippen molar-refractivity contribution < 1.29 is 43.0 Å². The van der Waals surface area contributed by atoms with Crippen molar-refractivity contribution in [3.63, 3.8) is 0 Å². The van der Waals surface area contributed by atoms with Gasteiger partial charge in [-0.1, -0.05) is 117 Å². The third kappa shape index (κ3) is 25.4. The summed E-state index contributed by atoms with van der Waals surface area (Å²) >= 11 is 10.9. The molecule has 1 saturated heterocycles. The lowest BCUT2D eigenvalue weighted by atomic mass is 9.83. The molecule has 3 unspecified atom stereocenters. The Morgan fingerprint density at radius 1 is 0.513 bits per heavy atom. The SMILES string of the molecule is CC(C)(C)c1cccc(NC(=O)C2CCc3ccc(Oc4ccnc(N)c4)cc3C2)c1.CC(C)(C)c1cccc(NC(=O)C2CCc3ccc(Oc4ccnc(N5CCCNC5=O)c4)cc3C2)c1.CC(C)(C)c1cccc(NC(=O)C2CCc3ccc(Oc4ccnc(NC(=O)NCCCCl)c4)cc3C2)c1.O=C=NCCCCl. The molecule has 1 fully saturated rings. The topological polar surface area (TPSA) is 283 Å². The summed E-state index contributed by atoms with van der Waals surface area (Å²) < 4.78 is 18.2. The molecule has 23 heteroatoms. The van der Waals surface area contributed by atoms with Crippen molar-refractivity contribution in [2.45, 2.75) is 156 Å². The average molecular weight is 1570 g/mol. The zero-order valence-electron chi connectivity index (χ0n) is 66.0. The van der Waals surface area contributed by atoms with E-state index in [1.165, 1.54) is 39.5 Å². The molecule has 0 spiro atoms. The van der Waals surface area contributed by atoms with Crippen LogP contribution in [0.25, 0.3) is 0 Å². The van der Waals surface area contributed by atoms with E-state index in [2.05, 4.69) is 169 Å². The molecule has 1 aliphatic heterocycles. The molecule has 21 nitrogen and oxygen atoms in total.